The van der Waals surface area contributed by atoms with Crippen molar-refractivity contribution in [3.05, 3.63) is 33.9 Å². The van der Waals surface area contributed by atoms with Crippen molar-refractivity contribution >= 4 is 28.2 Å². The molecule has 5 nitrogen and oxygen atoms in total. The number of hydrogen-bond donors (Lipinski definition) is 1. The summed E-state index contributed by atoms with van der Waals surface area (Å²) < 4.78 is 0. The predicted octanol–water partition coefficient (Wildman–Crippen LogP) is 2.02. The van der Waals surface area contributed by atoms with Crippen LogP contribution >= 0.6 is 11.6 Å². The molecule has 0 atom stereocenters. The molecule has 6 heteroatoms. The van der Waals surface area contributed by atoms with Crippen LogP contribution in [-0.2, 0) is 0 Å². The number of nitrogens with zero attached hydrogens (tertiary/aromatic N) is 1. The molecule has 74 valence electrons. The highest BCUT2D eigenvalue weighted by molar-refractivity contribution is 6.68. The Morgan fingerprint density at radius 2 is 2.21 bits per heavy atom. The van der Waals surface area contributed by atoms with E-state index in [1.165, 1.54) is 25.2 Å². The van der Waals surface area contributed by atoms with Gasteiger partial charge in [0.1, 0.15) is 5.69 Å². The molecular weight excluding hydrogens is 208 g/mol. The van der Waals surface area contributed by atoms with E-state index < -0.39 is 10.2 Å². The molecule has 0 unspecified atom stereocenters. The zero-order valence-electron chi connectivity index (χ0n) is 7.28. The van der Waals surface area contributed by atoms with E-state index in [2.05, 4.69) is 5.32 Å². The molecule has 0 heterocycles. The Morgan fingerprint density at radius 1 is 1.57 bits per heavy atom. The maximum atomic E-state index is 10.9. The molecule has 0 aliphatic rings. The second kappa shape index (κ2) is 4.06. The number of nitro groups is 1. The summed E-state index contributed by atoms with van der Waals surface area (Å²) in [5.74, 6) is 0. The molecule has 1 aromatic carbocycles. The molecule has 0 aliphatic carbocycles. The number of nitrogens with one attached hydrogen (secondary N) is 1. The molecule has 0 bridgehead atoms. The lowest BCUT2D eigenvalue weighted by Crippen LogP contribution is -2.02. The summed E-state index contributed by atoms with van der Waals surface area (Å²) in [5.41, 5.74) is 0.0693. The van der Waals surface area contributed by atoms with Gasteiger partial charge in [-0.15, -0.1) is 0 Å². The molecule has 0 aromatic heterocycles. The van der Waals surface area contributed by atoms with Gasteiger partial charge >= 0.3 is 0 Å². The number of nitro benzene ring substituents is 1. The van der Waals surface area contributed by atoms with Crippen molar-refractivity contribution in [2.24, 2.45) is 0 Å². The van der Waals surface area contributed by atoms with Crippen molar-refractivity contribution in [3.8, 4) is 0 Å². The zero-order valence-corrected chi connectivity index (χ0v) is 8.04. The Kier molecular flexibility index (Phi) is 3.03. The van der Waals surface area contributed by atoms with Crippen molar-refractivity contribution in [3.63, 3.8) is 0 Å². The lowest BCUT2D eigenvalue weighted by atomic mass is 10.1. The fourth-order valence-corrected chi connectivity index (χ4v) is 1.28. The van der Waals surface area contributed by atoms with Crippen LogP contribution in [0.25, 0.3) is 0 Å². The van der Waals surface area contributed by atoms with Gasteiger partial charge in [-0.05, 0) is 17.7 Å². The van der Waals surface area contributed by atoms with Gasteiger partial charge < -0.3 is 5.32 Å². The third kappa shape index (κ3) is 1.82. The number of carbonyl (C=O) groups is 1. The highest BCUT2D eigenvalue weighted by Crippen LogP contribution is 2.28. The quantitative estimate of drug-likeness (QED) is 0.475. The van der Waals surface area contributed by atoms with Gasteiger partial charge in [-0.1, -0.05) is 6.07 Å². The van der Waals surface area contributed by atoms with E-state index in [0.29, 0.717) is 0 Å². The van der Waals surface area contributed by atoms with Crippen molar-refractivity contribution < 1.29 is 9.72 Å². The van der Waals surface area contributed by atoms with Gasteiger partial charge in [0.2, 0.25) is 0 Å². The topological polar surface area (TPSA) is 72.2 Å². The van der Waals surface area contributed by atoms with Crippen molar-refractivity contribution in [1.29, 1.82) is 0 Å². The third-order valence-electron chi connectivity index (χ3n) is 1.70. The summed E-state index contributed by atoms with van der Waals surface area (Å²) in [4.78, 5) is 20.9. The SMILES string of the molecule is CNc1c(C(=O)Cl)cccc1[N+](=O)[O-]. The first kappa shape index (κ1) is 10.5. The highest BCUT2D eigenvalue weighted by atomic mass is 35.5. The van der Waals surface area contributed by atoms with Crippen LogP contribution in [0, 0.1) is 10.1 Å². The smallest absolute Gasteiger partial charge is 0.293 e. The van der Waals surface area contributed by atoms with Gasteiger partial charge in [0.05, 0.1) is 10.5 Å². The van der Waals surface area contributed by atoms with Gasteiger partial charge in [-0.3, -0.25) is 14.9 Å². The fourth-order valence-electron chi connectivity index (χ4n) is 1.12. The summed E-state index contributed by atoms with van der Waals surface area (Å²) in [6.07, 6.45) is 0. The lowest BCUT2D eigenvalue weighted by molar-refractivity contribution is -0.384. The zero-order chi connectivity index (χ0) is 10.7. The predicted molar refractivity (Wildman–Crippen MR) is 52.8 cm³/mol. The standard InChI is InChI=1S/C8H7ClN2O3/c1-10-7-5(8(9)12)3-2-4-6(7)11(13)14/h2-4,10H,1H3. The molecule has 0 radical (unpaired) electrons. The maximum Gasteiger partial charge on any atom is 0.293 e. The fraction of sp³-hybridized carbons (Fsp3) is 0.125. The van der Waals surface area contributed by atoms with Crippen LogP contribution in [0.4, 0.5) is 11.4 Å². The molecule has 1 N–H and O–H groups in total. The number of hydrogen-bond acceptors (Lipinski definition) is 4. The van der Waals surface area contributed by atoms with Gasteiger partial charge in [0.15, 0.2) is 0 Å². The second-order valence-corrected chi connectivity index (χ2v) is 2.82. The van der Waals surface area contributed by atoms with E-state index in [-0.39, 0.29) is 16.9 Å². The summed E-state index contributed by atoms with van der Waals surface area (Å²) in [6.45, 7) is 0. The normalized spacial score (nSPS) is 9.57. The number of rotatable bonds is 3. The number of benzene rings is 1. The summed E-state index contributed by atoms with van der Waals surface area (Å²) >= 11 is 5.26. The Morgan fingerprint density at radius 3 is 2.64 bits per heavy atom. The largest absolute Gasteiger partial charge is 0.382 e. The average Bonchev–Trinajstić information content (AvgIpc) is 2.16. The van der Waals surface area contributed by atoms with Crippen LogP contribution in [0.2, 0.25) is 0 Å². The minimum absolute atomic E-state index is 0.100. The molecule has 1 aromatic rings. The highest BCUT2D eigenvalue weighted by Gasteiger charge is 2.18. The molecule has 0 aliphatic heterocycles. The number of carbonyl (C=O) groups excluding carboxylic acids is 1. The molecule has 0 saturated heterocycles. The van der Waals surface area contributed by atoms with Crippen LogP contribution in [0.3, 0.4) is 0 Å². The van der Waals surface area contributed by atoms with E-state index in [4.69, 9.17) is 11.6 Å². The average molecular weight is 215 g/mol. The van der Waals surface area contributed by atoms with Gasteiger partial charge in [-0.25, -0.2) is 0 Å². The van der Waals surface area contributed by atoms with Gasteiger partial charge in [0.25, 0.3) is 10.9 Å². The van der Waals surface area contributed by atoms with Crippen LogP contribution in [0.5, 0.6) is 0 Å². The Labute approximate surface area is 84.8 Å². The van der Waals surface area contributed by atoms with Crippen LogP contribution < -0.4 is 5.32 Å². The molecular formula is C8H7ClN2O3. The Bertz CT molecular complexity index is 360. The summed E-state index contributed by atoms with van der Waals surface area (Å²) in [6, 6.07) is 4.14. The van der Waals surface area contributed by atoms with Gasteiger partial charge in [0, 0.05) is 13.1 Å². The van der Waals surface area contributed by atoms with E-state index in [0.717, 1.165) is 0 Å². The van der Waals surface area contributed by atoms with E-state index in [1.807, 2.05) is 0 Å². The van der Waals surface area contributed by atoms with E-state index in [1.54, 1.807) is 0 Å². The summed E-state index contributed by atoms with van der Waals surface area (Å²) in [7, 11) is 1.49. The summed E-state index contributed by atoms with van der Waals surface area (Å²) in [5, 5.41) is 12.4. The molecule has 0 fully saturated rings. The van der Waals surface area contributed by atoms with Crippen LogP contribution in [0.1, 0.15) is 10.4 Å². The monoisotopic (exact) mass is 214 g/mol. The van der Waals surface area contributed by atoms with Crippen LogP contribution in [-0.4, -0.2) is 17.2 Å². The van der Waals surface area contributed by atoms with E-state index in [9.17, 15) is 14.9 Å². The Hall–Kier alpha value is -1.62. The molecule has 14 heavy (non-hydrogen) atoms. The minimum Gasteiger partial charge on any atom is -0.382 e. The Balaban J connectivity index is 3.39. The first-order valence-corrected chi connectivity index (χ1v) is 4.10. The first-order chi connectivity index (χ1) is 6.57. The molecule has 0 saturated carbocycles. The van der Waals surface area contributed by atoms with E-state index >= 15 is 0 Å². The number of anilines is 1. The molecule has 0 spiro atoms. The number of halogens is 1. The maximum absolute atomic E-state index is 10.9. The van der Waals surface area contributed by atoms with Gasteiger partial charge in [-0.2, -0.15) is 0 Å². The first-order valence-electron chi connectivity index (χ1n) is 3.73. The van der Waals surface area contributed by atoms with Crippen molar-refractivity contribution in [2.75, 3.05) is 12.4 Å². The third-order valence-corrected chi connectivity index (χ3v) is 1.90. The number of para-hydroxylation sites is 1. The van der Waals surface area contributed by atoms with Crippen molar-refractivity contribution in [1.82, 2.24) is 0 Å². The second-order valence-electron chi connectivity index (χ2n) is 2.48. The van der Waals surface area contributed by atoms with Crippen molar-refractivity contribution in [2.45, 2.75) is 0 Å². The van der Waals surface area contributed by atoms with Crippen LogP contribution in [0.15, 0.2) is 18.2 Å². The minimum atomic E-state index is -0.724. The molecule has 1 rings (SSSR count). The molecule has 0 amide bonds. The lowest BCUT2D eigenvalue weighted by Gasteiger charge is -2.04.